The van der Waals surface area contributed by atoms with Crippen molar-refractivity contribution in [2.45, 2.75) is 4.90 Å². The van der Waals surface area contributed by atoms with Crippen LogP contribution in [0.5, 0.6) is 5.75 Å². The molecule has 8 nitrogen and oxygen atoms in total. The van der Waals surface area contributed by atoms with E-state index in [0.29, 0.717) is 31.9 Å². The maximum atomic E-state index is 11.7. The molecule has 0 aliphatic carbocycles. The van der Waals surface area contributed by atoms with Crippen molar-refractivity contribution in [2.24, 2.45) is 0 Å². The molecule has 0 N–H and O–H groups in total. The summed E-state index contributed by atoms with van der Waals surface area (Å²) in [7, 11) is -1.88. The summed E-state index contributed by atoms with van der Waals surface area (Å²) in [6, 6.07) is 11.9. The van der Waals surface area contributed by atoms with Crippen molar-refractivity contribution in [1.82, 2.24) is 0 Å². The molecule has 0 amide bonds. The molecule has 0 aromatic heterocycles. The van der Waals surface area contributed by atoms with Crippen LogP contribution in [0.15, 0.2) is 47.4 Å². The molecular weight excluding hydrogens is 370 g/mol. The number of hydrogen-bond acceptors (Lipinski definition) is 7. The Hall–Kier alpha value is -2.81. The van der Waals surface area contributed by atoms with Crippen LogP contribution in [0, 0.1) is 10.1 Å². The van der Waals surface area contributed by atoms with Crippen LogP contribution in [0.3, 0.4) is 0 Å². The molecule has 0 spiro atoms. The molecule has 9 heteroatoms. The Morgan fingerprint density at radius 1 is 1.04 bits per heavy atom. The Kier molecular flexibility index (Phi) is 5.22. The van der Waals surface area contributed by atoms with Crippen LogP contribution in [-0.4, -0.2) is 52.9 Å². The van der Waals surface area contributed by atoms with Gasteiger partial charge >= 0.3 is 0 Å². The first-order valence-corrected chi connectivity index (χ1v) is 10.3. The van der Waals surface area contributed by atoms with Crippen molar-refractivity contribution >= 4 is 26.9 Å². The lowest BCUT2D eigenvalue weighted by atomic mass is 10.2. The van der Waals surface area contributed by atoms with Crippen molar-refractivity contribution < 1.29 is 18.1 Å². The molecule has 2 aromatic rings. The molecule has 0 unspecified atom stereocenters. The van der Waals surface area contributed by atoms with Crippen molar-refractivity contribution in [2.75, 3.05) is 49.3 Å². The molecule has 0 atom stereocenters. The second-order valence-electron chi connectivity index (χ2n) is 6.36. The summed E-state index contributed by atoms with van der Waals surface area (Å²) in [5.41, 5.74) is 1.29. The standard InChI is InChI=1S/C18H21N3O5S/c1-26-15-5-3-4-14(12-15)19-8-10-20(11-9-19)17-7-6-16(27(2,24)25)13-18(17)21(22)23/h3-7,12-13H,8-11H2,1-2H3. The predicted molar refractivity (Wildman–Crippen MR) is 104 cm³/mol. The van der Waals surface area contributed by atoms with Gasteiger partial charge in [-0.2, -0.15) is 0 Å². The maximum Gasteiger partial charge on any atom is 0.293 e. The van der Waals surface area contributed by atoms with Crippen LogP contribution in [0.25, 0.3) is 0 Å². The van der Waals surface area contributed by atoms with E-state index < -0.39 is 14.8 Å². The molecule has 1 fully saturated rings. The van der Waals surface area contributed by atoms with E-state index in [4.69, 9.17) is 4.74 Å². The van der Waals surface area contributed by atoms with Crippen LogP contribution >= 0.6 is 0 Å². The minimum atomic E-state index is -3.50. The van der Waals surface area contributed by atoms with Gasteiger partial charge in [-0.05, 0) is 24.3 Å². The third-order valence-corrected chi connectivity index (χ3v) is 5.72. The lowest BCUT2D eigenvalue weighted by Crippen LogP contribution is -2.46. The van der Waals surface area contributed by atoms with Gasteiger partial charge in [-0.3, -0.25) is 10.1 Å². The maximum absolute atomic E-state index is 11.7. The number of methoxy groups -OCH3 is 1. The second-order valence-corrected chi connectivity index (χ2v) is 8.37. The normalized spacial score (nSPS) is 14.9. The highest BCUT2D eigenvalue weighted by molar-refractivity contribution is 7.90. The number of rotatable bonds is 5. The topological polar surface area (TPSA) is 93.0 Å². The Bertz CT molecular complexity index is 953. The average Bonchev–Trinajstić information content (AvgIpc) is 2.67. The van der Waals surface area contributed by atoms with Crippen LogP contribution < -0.4 is 14.5 Å². The molecule has 2 aromatic carbocycles. The molecule has 1 aliphatic rings. The van der Waals surface area contributed by atoms with Gasteiger partial charge in [0.15, 0.2) is 9.84 Å². The van der Waals surface area contributed by atoms with Gasteiger partial charge in [-0.25, -0.2) is 8.42 Å². The number of sulfone groups is 1. The van der Waals surface area contributed by atoms with E-state index in [0.717, 1.165) is 23.8 Å². The summed E-state index contributed by atoms with van der Waals surface area (Å²) in [6.07, 6.45) is 1.04. The van der Waals surface area contributed by atoms with E-state index in [9.17, 15) is 18.5 Å². The molecule has 0 saturated carbocycles. The second kappa shape index (κ2) is 7.43. The largest absolute Gasteiger partial charge is 0.497 e. The Morgan fingerprint density at radius 3 is 2.30 bits per heavy atom. The fraction of sp³-hybridized carbons (Fsp3) is 0.333. The highest BCUT2D eigenvalue weighted by Crippen LogP contribution is 2.32. The number of benzene rings is 2. The Morgan fingerprint density at radius 2 is 1.70 bits per heavy atom. The number of piperazine rings is 1. The summed E-state index contributed by atoms with van der Waals surface area (Å²) in [4.78, 5) is 15.0. The Labute approximate surface area is 158 Å². The first-order chi connectivity index (χ1) is 12.8. The molecule has 144 valence electrons. The lowest BCUT2D eigenvalue weighted by Gasteiger charge is -2.37. The van der Waals surface area contributed by atoms with Gasteiger partial charge in [-0.15, -0.1) is 0 Å². The van der Waals surface area contributed by atoms with Crippen molar-refractivity contribution in [3.05, 3.63) is 52.6 Å². The Balaban J connectivity index is 1.80. The quantitative estimate of drug-likeness (QED) is 0.570. The number of hydrogen-bond donors (Lipinski definition) is 0. The molecule has 1 aliphatic heterocycles. The zero-order valence-electron chi connectivity index (χ0n) is 15.2. The van der Waals surface area contributed by atoms with Crippen LogP contribution in [0.1, 0.15) is 0 Å². The van der Waals surface area contributed by atoms with Crippen LogP contribution in [-0.2, 0) is 9.84 Å². The SMILES string of the molecule is COc1cccc(N2CCN(c3ccc(S(C)(=O)=O)cc3[N+](=O)[O-])CC2)c1. The summed E-state index contributed by atoms with van der Waals surface area (Å²) < 4.78 is 28.6. The van der Waals surface area contributed by atoms with Gasteiger partial charge in [0, 0.05) is 50.3 Å². The van der Waals surface area contributed by atoms with Gasteiger partial charge in [-0.1, -0.05) is 6.07 Å². The van der Waals surface area contributed by atoms with E-state index in [1.54, 1.807) is 7.11 Å². The van der Waals surface area contributed by atoms with Gasteiger partial charge in [0.05, 0.1) is 16.9 Å². The highest BCUT2D eigenvalue weighted by Gasteiger charge is 2.25. The third-order valence-electron chi connectivity index (χ3n) is 4.61. The van der Waals surface area contributed by atoms with Gasteiger partial charge in [0.2, 0.25) is 0 Å². The first kappa shape index (κ1) is 19.0. The molecule has 3 rings (SSSR count). The fourth-order valence-corrected chi connectivity index (χ4v) is 3.80. The molecule has 0 radical (unpaired) electrons. The molecule has 1 heterocycles. The van der Waals surface area contributed by atoms with Crippen LogP contribution in [0.4, 0.5) is 17.1 Å². The molecular formula is C18H21N3O5S. The van der Waals surface area contributed by atoms with E-state index in [1.165, 1.54) is 12.1 Å². The smallest absolute Gasteiger partial charge is 0.293 e. The van der Waals surface area contributed by atoms with Crippen LogP contribution in [0.2, 0.25) is 0 Å². The first-order valence-electron chi connectivity index (χ1n) is 8.42. The van der Waals surface area contributed by atoms with E-state index in [-0.39, 0.29) is 10.6 Å². The zero-order valence-corrected chi connectivity index (χ0v) is 16.0. The molecule has 0 bridgehead atoms. The van der Waals surface area contributed by atoms with E-state index in [1.807, 2.05) is 29.2 Å². The zero-order chi connectivity index (χ0) is 19.6. The van der Waals surface area contributed by atoms with E-state index in [2.05, 4.69) is 4.90 Å². The van der Waals surface area contributed by atoms with Crippen molar-refractivity contribution in [1.29, 1.82) is 0 Å². The van der Waals surface area contributed by atoms with Gasteiger partial charge < -0.3 is 14.5 Å². The molecule has 1 saturated heterocycles. The van der Waals surface area contributed by atoms with E-state index >= 15 is 0 Å². The third kappa shape index (κ3) is 4.13. The summed E-state index contributed by atoms with van der Waals surface area (Å²) in [5.74, 6) is 0.780. The summed E-state index contributed by atoms with van der Waals surface area (Å²) >= 11 is 0. The van der Waals surface area contributed by atoms with Gasteiger partial charge in [0.1, 0.15) is 11.4 Å². The summed E-state index contributed by atoms with van der Waals surface area (Å²) in [5, 5.41) is 11.5. The fourth-order valence-electron chi connectivity index (χ4n) is 3.16. The average molecular weight is 391 g/mol. The highest BCUT2D eigenvalue weighted by atomic mass is 32.2. The minimum Gasteiger partial charge on any atom is -0.497 e. The monoisotopic (exact) mass is 391 g/mol. The lowest BCUT2D eigenvalue weighted by molar-refractivity contribution is -0.384. The van der Waals surface area contributed by atoms with Gasteiger partial charge in [0.25, 0.3) is 5.69 Å². The number of ether oxygens (including phenoxy) is 1. The number of nitro groups is 1. The van der Waals surface area contributed by atoms with Crippen molar-refractivity contribution in [3.8, 4) is 5.75 Å². The van der Waals surface area contributed by atoms with Crippen molar-refractivity contribution in [3.63, 3.8) is 0 Å². The number of anilines is 2. The minimum absolute atomic E-state index is 0.0482. The number of nitrogens with zero attached hydrogens (tertiary/aromatic N) is 3. The number of nitro benzene ring substituents is 1. The molecule has 27 heavy (non-hydrogen) atoms. The predicted octanol–water partition coefficient (Wildman–Crippen LogP) is 2.33. The summed E-state index contributed by atoms with van der Waals surface area (Å²) in [6.45, 7) is 2.57.